The molecular formula is C19H19N3O2S. The van der Waals surface area contributed by atoms with Crippen molar-refractivity contribution < 1.29 is 4.79 Å². The van der Waals surface area contributed by atoms with Crippen LogP contribution in [0.15, 0.2) is 46.6 Å². The smallest absolute Gasteiger partial charge is 0.275 e. The summed E-state index contributed by atoms with van der Waals surface area (Å²) in [6.07, 6.45) is 2.08. The SMILES string of the molecule is Cc1nn(CC(=O)N(Cc2cccs2)C2CC2)c(=O)c2ccccc12. The minimum absolute atomic E-state index is 0.00756. The topological polar surface area (TPSA) is 55.2 Å². The van der Waals surface area contributed by atoms with Crippen LogP contribution in [0.2, 0.25) is 0 Å². The van der Waals surface area contributed by atoms with Crippen LogP contribution in [-0.4, -0.2) is 26.6 Å². The Hall–Kier alpha value is -2.47. The van der Waals surface area contributed by atoms with E-state index in [4.69, 9.17) is 0 Å². The van der Waals surface area contributed by atoms with Crippen LogP contribution < -0.4 is 5.56 Å². The molecule has 0 N–H and O–H groups in total. The normalized spacial score (nSPS) is 14.0. The molecule has 4 rings (SSSR count). The van der Waals surface area contributed by atoms with Crippen molar-refractivity contribution in [2.24, 2.45) is 0 Å². The number of aromatic nitrogens is 2. The molecule has 1 aliphatic rings. The lowest BCUT2D eigenvalue weighted by atomic mass is 10.1. The Morgan fingerprint density at radius 2 is 2.00 bits per heavy atom. The van der Waals surface area contributed by atoms with Crippen LogP contribution in [0.25, 0.3) is 10.8 Å². The quantitative estimate of drug-likeness (QED) is 0.709. The highest BCUT2D eigenvalue weighted by molar-refractivity contribution is 7.09. The lowest BCUT2D eigenvalue weighted by molar-refractivity contribution is -0.133. The minimum Gasteiger partial charge on any atom is -0.333 e. The van der Waals surface area contributed by atoms with Gasteiger partial charge in [0.05, 0.1) is 17.6 Å². The van der Waals surface area contributed by atoms with Gasteiger partial charge in [-0.05, 0) is 37.3 Å². The first kappa shape index (κ1) is 16.0. The van der Waals surface area contributed by atoms with Crippen LogP contribution in [0.5, 0.6) is 0 Å². The van der Waals surface area contributed by atoms with E-state index >= 15 is 0 Å². The number of fused-ring (bicyclic) bond motifs is 1. The van der Waals surface area contributed by atoms with E-state index in [-0.39, 0.29) is 18.0 Å². The molecule has 6 heteroatoms. The number of carbonyl (C=O) groups is 1. The number of nitrogens with zero attached hydrogens (tertiary/aromatic N) is 3. The summed E-state index contributed by atoms with van der Waals surface area (Å²) in [4.78, 5) is 28.6. The summed E-state index contributed by atoms with van der Waals surface area (Å²) in [5.74, 6) is -0.0415. The van der Waals surface area contributed by atoms with Gasteiger partial charge in [-0.15, -0.1) is 11.3 Å². The standard InChI is InChI=1S/C19H19N3O2S/c1-13-16-6-2-3-7-17(16)19(24)22(20-13)12-18(23)21(14-8-9-14)11-15-5-4-10-25-15/h2-7,10,14H,8-9,11-12H2,1H3. The van der Waals surface area contributed by atoms with Gasteiger partial charge in [0, 0.05) is 16.3 Å². The first-order valence-electron chi connectivity index (χ1n) is 8.42. The van der Waals surface area contributed by atoms with Crippen molar-refractivity contribution in [3.63, 3.8) is 0 Å². The zero-order valence-electron chi connectivity index (χ0n) is 14.0. The summed E-state index contributed by atoms with van der Waals surface area (Å²) in [5, 5.41) is 7.83. The second-order valence-electron chi connectivity index (χ2n) is 6.43. The van der Waals surface area contributed by atoms with Crippen molar-refractivity contribution in [3.05, 3.63) is 62.7 Å². The number of aryl methyl sites for hydroxylation is 1. The Morgan fingerprint density at radius 3 is 2.68 bits per heavy atom. The molecule has 0 unspecified atom stereocenters. The predicted molar refractivity (Wildman–Crippen MR) is 98.6 cm³/mol. The Balaban J connectivity index is 1.62. The van der Waals surface area contributed by atoms with E-state index in [2.05, 4.69) is 5.10 Å². The summed E-state index contributed by atoms with van der Waals surface area (Å²) in [7, 11) is 0. The fourth-order valence-electron chi connectivity index (χ4n) is 3.11. The van der Waals surface area contributed by atoms with Gasteiger partial charge in [0.15, 0.2) is 0 Å². The second-order valence-corrected chi connectivity index (χ2v) is 7.46. The van der Waals surface area contributed by atoms with Gasteiger partial charge in [-0.3, -0.25) is 9.59 Å². The van der Waals surface area contributed by atoms with Crippen molar-refractivity contribution in [2.75, 3.05) is 0 Å². The van der Waals surface area contributed by atoms with Gasteiger partial charge in [-0.1, -0.05) is 24.3 Å². The summed E-state index contributed by atoms with van der Waals surface area (Å²) in [5.41, 5.74) is 0.556. The number of amides is 1. The van der Waals surface area contributed by atoms with Crippen molar-refractivity contribution in [1.82, 2.24) is 14.7 Å². The average molecular weight is 353 g/mol. The fraction of sp³-hybridized carbons (Fsp3) is 0.316. The van der Waals surface area contributed by atoms with Gasteiger partial charge in [-0.2, -0.15) is 5.10 Å². The van der Waals surface area contributed by atoms with Gasteiger partial charge in [0.25, 0.3) is 5.56 Å². The minimum atomic E-state index is -0.207. The number of carbonyl (C=O) groups excluding carboxylic acids is 1. The molecule has 0 saturated heterocycles. The van der Waals surface area contributed by atoms with Crippen LogP contribution in [0.1, 0.15) is 23.4 Å². The van der Waals surface area contributed by atoms with Crippen LogP contribution in [0.3, 0.4) is 0 Å². The molecule has 1 amide bonds. The zero-order valence-corrected chi connectivity index (χ0v) is 14.8. The van der Waals surface area contributed by atoms with E-state index in [1.54, 1.807) is 17.4 Å². The molecule has 2 heterocycles. The highest BCUT2D eigenvalue weighted by Gasteiger charge is 2.33. The number of hydrogen-bond donors (Lipinski definition) is 0. The Labute approximate surface area is 149 Å². The lowest BCUT2D eigenvalue weighted by Gasteiger charge is -2.22. The van der Waals surface area contributed by atoms with Crippen molar-refractivity contribution in [3.8, 4) is 0 Å². The van der Waals surface area contributed by atoms with Crippen molar-refractivity contribution in [2.45, 2.75) is 38.9 Å². The second kappa shape index (κ2) is 6.44. The van der Waals surface area contributed by atoms with Crippen molar-refractivity contribution >= 4 is 28.0 Å². The van der Waals surface area contributed by atoms with E-state index in [0.29, 0.717) is 18.0 Å². The third-order valence-electron chi connectivity index (χ3n) is 4.55. The monoisotopic (exact) mass is 353 g/mol. The molecule has 2 aromatic heterocycles. The highest BCUT2D eigenvalue weighted by Crippen LogP contribution is 2.29. The van der Waals surface area contributed by atoms with Gasteiger partial charge >= 0.3 is 0 Å². The van der Waals surface area contributed by atoms with Gasteiger partial charge in [0.2, 0.25) is 5.91 Å². The number of rotatable bonds is 5. The molecule has 0 radical (unpaired) electrons. The molecule has 1 saturated carbocycles. The Bertz CT molecular complexity index is 974. The summed E-state index contributed by atoms with van der Waals surface area (Å²) in [6, 6.07) is 11.7. The van der Waals surface area contributed by atoms with Gasteiger partial charge in [-0.25, -0.2) is 4.68 Å². The van der Waals surface area contributed by atoms with Crippen LogP contribution in [0.4, 0.5) is 0 Å². The van der Waals surface area contributed by atoms with E-state index in [0.717, 1.165) is 28.8 Å². The average Bonchev–Trinajstić information content (AvgIpc) is 3.33. The highest BCUT2D eigenvalue weighted by atomic mass is 32.1. The zero-order chi connectivity index (χ0) is 17.4. The third-order valence-corrected chi connectivity index (χ3v) is 5.41. The van der Waals surface area contributed by atoms with E-state index in [1.165, 1.54) is 4.68 Å². The predicted octanol–water partition coefficient (Wildman–Crippen LogP) is 2.96. The van der Waals surface area contributed by atoms with E-state index < -0.39 is 0 Å². The summed E-state index contributed by atoms with van der Waals surface area (Å²) >= 11 is 1.65. The largest absolute Gasteiger partial charge is 0.333 e. The Kier molecular flexibility index (Phi) is 4.13. The molecule has 0 aliphatic heterocycles. The summed E-state index contributed by atoms with van der Waals surface area (Å²) < 4.78 is 1.31. The molecule has 5 nitrogen and oxygen atoms in total. The molecule has 0 spiro atoms. The third kappa shape index (κ3) is 3.22. The first-order chi connectivity index (χ1) is 12.1. The number of thiophene rings is 1. The maximum Gasteiger partial charge on any atom is 0.275 e. The van der Waals surface area contributed by atoms with Crippen molar-refractivity contribution in [1.29, 1.82) is 0 Å². The van der Waals surface area contributed by atoms with E-state index in [1.807, 2.05) is 47.5 Å². The first-order valence-corrected chi connectivity index (χ1v) is 9.30. The van der Waals surface area contributed by atoms with Crippen LogP contribution >= 0.6 is 11.3 Å². The maximum atomic E-state index is 12.9. The maximum absolute atomic E-state index is 12.9. The molecule has 3 aromatic rings. The van der Waals surface area contributed by atoms with Gasteiger partial charge < -0.3 is 4.90 Å². The molecule has 0 bridgehead atoms. The number of benzene rings is 1. The molecule has 1 aromatic carbocycles. The molecule has 1 aliphatic carbocycles. The molecule has 0 atom stereocenters. The number of hydrogen-bond acceptors (Lipinski definition) is 4. The summed E-state index contributed by atoms with van der Waals surface area (Å²) in [6.45, 7) is 2.47. The fourth-order valence-corrected chi connectivity index (χ4v) is 3.81. The molecule has 1 fully saturated rings. The van der Waals surface area contributed by atoms with Crippen LogP contribution in [0, 0.1) is 6.92 Å². The molecular weight excluding hydrogens is 334 g/mol. The van der Waals surface area contributed by atoms with E-state index in [9.17, 15) is 9.59 Å². The Morgan fingerprint density at radius 1 is 1.24 bits per heavy atom. The lowest BCUT2D eigenvalue weighted by Crippen LogP contribution is -2.38. The van der Waals surface area contributed by atoms with Crippen LogP contribution in [-0.2, 0) is 17.9 Å². The molecule has 25 heavy (non-hydrogen) atoms. The van der Waals surface area contributed by atoms with Gasteiger partial charge in [0.1, 0.15) is 6.54 Å². The molecule has 128 valence electrons.